The van der Waals surface area contributed by atoms with Gasteiger partial charge in [0.15, 0.2) is 0 Å². The molecule has 1 amide bonds. The van der Waals surface area contributed by atoms with Gasteiger partial charge in [0.25, 0.3) is 0 Å². The highest BCUT2D eigenvalue weighted by Gasteiger charge is 2.17. The molecule has 4 heteroatoms. The fraction of sp³-hybridized carbons (Fsp3) is 0.278. The molecular weight excluding hydrogens is 276 g/mol. The third-order valence-corrected chi connectivity index (χ3v) is 3.77. The van der Waals surface area contributed by atoms with E-state index in [0.29, 0.717) is 12.6 Å². The van der Waals surface area contributed by atoms with E-state index in [1.165, 1.54) is 19.3 Å². The van der Waals surface area contributed by atoms with Crippen molar-refractivity contribution in [2.75, 3.05) is 11.9 Å². The molecule has 0 spiro atoms. The van der Waals surface area contributed by atoms with Crippen molar-refractivity contribution >= 4 is 11.6 Å². The van der Waals surface area contributed by atoms with Crippen LogP contribution in [0.5, 0.6) is 11.5 Å². The average Bonchev–Trinajstić information content (AvgIpc) is 2.49. The molecule has 0 aromatic heterocycles. The van der Waals surface area contributed by atoms with Crippen molar-refractivity contribution in [3.8, 4) is 11.5 Å². The van der Waals surface area contributed by atoms with Gasteiger partial charge in [-0.3, -0.25) is 4.79 Å². The maximum atomic E-state index is 11.8. The number of rotatable bonds is 6. The van der Waals surface area contributed by atoms with Crippen LogP contribution in [0.25, 0.3) is 0 Å². The minimum Gasteiger partial charge on any atom is -0.457 e. The van der Waals surface area contributed by atoms with E-state index in [2.05, 4.69) is 10.6 Å². The van der Waals surface area contributed by atoms with Crippen LogP contribution < -0.4 is 15.4 Å². The number of hydrogen-bond acceptors (Lipinski definition) is 3. The molecule has 3 rings (SSSR count). The normalized spacial score (nSPS) is 14.2. The van der Waals surface area contributed by atoms with Crippen molar-refractivity contribution in [2.45, 2.75) is 25.3 Å². The van der Waals surface area contributed by atoms with Gasteiger partial charge in [-0.15, -0.1) is 0 Å². The summed E-state index contributed by atoms with van der Waals surface area (Å²) in [6.07, 6.45) is 3.62. The number of ether oxygens (including phenoxy) is 1. The minimum atomic E-state index is -0.0105. The van der Waals surface area contributed by atoms with Crippen molar-refractivity contribution in [3.05, 3.63) is 54.6 Å². The third-order valence-electron chi connectivity index (χ3n) is 3.77. The molecule has 2 N–H and O–H groups in total. The fourth-order valence-corrected chi connectivity index (χ4v) is 2.29. The van der Waals surface area contributed by atoms with Gasteiger partial charge in [0.2, 0.25) is 5.91 Å². The Kier molecular flexibility index (Phi) is 4.71. The Balaban J connectivity index is 1.49. The molecule has 114 valence electrons. The average molecular weight is 296 g/mol. The molecule has 1 aliphatic carbocycles. The monoisotopic (exact) mass is 296 g/mol. The number of amides is 1. The summed E-state index contributed by atoms with van der Waals surface area (Å²) >= 11 is 0. The number of carbonyl (C=O) groups is 1. The van der Waals surface area contributed by atoms with E-state index < -0.39 is 0 Å². The Morgan fingerprint density at radius 3 is 2.32 bits per heavy atom. The molecule has 4 nitrogen and oxygen atoms in total. The second-order valence-electron chi connectivity index (χ2n) is 5.50. The van der Waals surface area contributed by atoms with Crippen LogP contribution in [0.4, 0.5) is 5.69 Å². The first kappa shape index (κ1) is 14.6. The van der Waals surface area contributed by atoms with Gasteiger partial charge >= 0.3 is 0 Å². The van der Waals surface area contributed by atoms with Gasteiger partial charge in [-0.1, -0.05) is 24.6 Å². The van der Waals surface area contributed by atoms with Gasteiger partial charge in [-0.2, -0.15) is 0 Å². The molecule has 2 aromatic carbocycles. The largest absolute Gasteiger partial charge is 0.457 e. The predicted molar refractivity (Wildman–Crippen MR) is 87.2 cm³/mol. The molecule has 22 heavy (non-hydrogen) atoms. The lowest BCUT2D eigenvalue weighted by molar-refractivity contribution is -0.115. The smallest absolute Gasteiger partial charge is 0.238 e. The number of carbonyl (C=O) groups excluding carboxylic acids is 1. The Labute approximate surface area is 130 Å². The summed E-state index contributed by atoms with van der Waals surface area (Å²) in [6, 6.07) is 17.5. The molecule has 1 aliphatic rings. The van der Waals surface area contributed by atoms with E-state index >= 15 is 0 Å². The van der Waals surface area contributed by atoms with E-state index in [0.717, 1.165) is 17.2 Å². The Bertz CT molecular complexity index is 607. The van der Waals surface area contributed by atoms with E-state index in [4.69, 9.17) is 4.74 Å². The lowest BCUT2D eigenvalue weighted by Gasteiger charge is -2.26. The molecule has 0 unspecified atom stereocenters. The highest BCUT2D eigenvalue weighted by atomic mass is 16.5. The highest BCUT2D eigenvalue weighted by molar-refractivity contribution is 5.92. The molecule has 1 fully saturated rings. The van der Waals surface area contributed by atoms with Gasteiger partial charge in [0, 0.05) is 11.7 Å². The van der Waals surface area contributed by atoms with Crippen LogP contribution in [0.1, 0.15) is 19.3 Å². The first-order valence-electron chi connectivity index (χ1n) is 7.66. The van der Waals surface area contributed by atoms with E-state index in [1.807, 2.05) is 54.6 Å². The van der Waals surface area contributed by atoms with Crippen molar-refractivity contribution in [1.29, 1.82) is 0 Å². The summed E-state index contributed by atoms with van der Waals surface area (Å²) in [6.45, 7) is 0.368. The van der Waals surface area contributed by atoms with Gasteiger partial charge in [-0.25, -0.2) is 0 Å². The SMILES string of the molecule is O=C(CNC1CCC1)Nc1ccc(Oc2ccccc2)cc1. The molecule has 1 saturated carbocycles. The lowest BCUT2D eigenvalue weighted by Crippen LogP contribution is -2.40. The summed E-state index contributed by atoms with van der Waals surface area (Å²) in [4.78, 5) is 11.8. The van der Waals surface area contributed by atoms with Gasteiger partial charge in [0.05, 0.1) is 6.54 Å². The third kappa shape index (κ3) is 4.09. The van der Waals surface area contributed by atoms with Crippen molar-refractivity contribution in [2.24, 2.45) is 0 Å². The van der Waals surface area contributed by atoms with Crippen LogP contribution in [0, 0.1) is 0 Å². The summed E-state index contributed by atoms with van der Waals surface area (Å²) < 4.78 is 5.71. The first-order valence-corrected chi connectivity index (χ1v) is 7.66. The maximum Gasteiger partial charge on any atom is 0.238 e. The highest BCUT2D eigenvalue weighted by Crippen LogP contribution is 2.22. The second kappa shape index (κ2) is 7.09. The molecule has 0 radical (unpaired) electrons. The van der Waals surface area contributed by atoms with Crippen LogP contribution in [-0.4, -0.2) is 18.5 Å². The summed E-state index contributed by atoms with van der Waals surface area (Å²) in [5, 5.41) is 6.13. The maximum absolute atomic E-state index is 11.8. The summed E-state index contributed by atoms with van der Waals surface area (Å²) in [5.41, 5.74) is 0.779. The Morgan fingerprint density at radius 1 is 1.00 bits per heavy atom. The lowest BCUT2D eigenvalue weighted by atomic mass is 9.93. The molecular formula is C18H20N2O2. The minimum absolute atomic E-state index is 0.0105. The Hall–Kier alpha value is -2.33. The van der Waals surface area contributed by atoms with Crippen LogP contribution in [0.2, 0.25) is 0 Å². The van der Waals surface area contributed by atoms with Gasteiger partial charge in [-0.05, 0) is 49.2 Å². The number of nitrogens with one attached hydrogen (secondary N) is 2. The summed E-state index contributed by atoms with van der Waals surface area (Å²) in [5.74, 6) is 1.53. The zero-order valence-corrected chi connectivity index (χ0v) is 12.4. The van der Waals surface area contributed by atoms with Crippen LogP contribution in [0.15, 0.2) is 54.6 Å². The molecule has 2 aromatic rings. The quantitative estimate of drug-likeness (QED) is 0.857. The van der Waals surface area contributed by atoms with Gasteiger partial charge < -0.3 is 15.4 Å². The van der Waals surface area contributed by atoms with Crippen molar-refractivity contribution in [3.63, 3.8) is 0 Å². The molecule has 0 aliphatic heterocycles. The zero-order valence-electron chi connectivity index (χ0n) is 12.4. The van der Waals surface area contributed by atoms with Crippen LogP contribution >= 0.6 is 0 Å². The number of benzene rings is 2. The molecule has 0 bridgehead atoms. The van der Waals surface area contributed by atoms with Crippen molar-refractivity contribution < 1.29 is 9.53 Å². The fourth-order valence-electron chi connectivity index (χ4n) is 2.29. The predicted octanol–water partition coefficient (Wildman–Crippen LogP) is 3.56. The standard InChI is InChI=1S/C18H20N2O2/c21-18(13-19-14-5-4-6-14)20-15-9-11-17(12-10-15)22-16-7-2-1-3-8-16/h1-3,7-12,14,19H,4-6,13H2,(H,20,21). The van der Waals surface area contributed by atoms with Gasteiger partial charge in [0.1, 0.15) is 11.5 Å². The number of anilines is 1. The number of para-hydroxylation sites is 1. The van der Waals surface area contributed by atoms with Crippen molar-refractivity contribution in [1.82, 2.24) is 5.32 Å². The number of hydrogen-bond donors (Lipinski definition) is 2. The second-order valence-corrected chi connectivity index (χ2v) is 5.50. The zero-order chi connectivity index (χ0) is 15.2. The topological polar surface area (TPSA) is 50.4 Å². The molecule has 0 atom stereocenters. The first-order chi connectivity index (χ1) is 10.8. The van der Waals surface area contributed by atoms with E-state index in [1.54, 1.807) is 0 Å². The van der Waals surface area contributed by atoms with E-state index in [9.17, 15) is 4.79 Å². The molecule has 0 heterocycles. The summed E-state index contributed by atoms with van der Waals surface area (Å²) in [7, 11) is 0. The van der Waals surface area contributed by atoms with Crippen LogP contribution in [0.3, 0.4) is 0 Å². The molecule has 0 saturated heterocycles. The van der Waals surface area contributed by atoms with Crippen LogP contribution in [-0.2, 0) is 4.79 Å². The van der Waals surface area contributed by atoms with E-state index in [-0.39, 0.29) is 5.91 Å². The Morgan fingerprint density at radius 2 is 1.68 bits per heavy atom.